The van der Waals surface area contributed by atoms with E-state index in [2.05, 4.69) is 0 Å². The lowest BCUT2D eigenvalue weighted by Crippen LogP contribution is -2.00. The Morgan fingerprint density at radius 3 is 2.67 bits per heavy atom. The topological polar surface area (TPSA) is 113 Å². The SMILES string of the molecule is N#Cc1cccc(Oc2ccc(C(=O)O)cc2[N+](=O)[O-])c1. The number of nitriles is 1. The second-order valence-electron chi connectivity index (χ2n) is 3.99. The molecule has 0 aromatic heterocycles. The molecule has 0 spiro atoms. The fraction of sp³-hybridized carbons (Fsp3) is 0. The van der Waals surface area contributed by atoms with Crippen LogP contribution in [0.5, 0.6) is 11.5 Å². The molecular formula is C14H8N2O5. The maximum absolute atomic E-state index is 11.0. The van der Waals surface area contributed by atoms with Gasteiger partial charge in [0, 0.05) is 6.07 Å². The van der Waals surface area contributed by atoms with Crippen LogP contribution in [0.4, 0.5) is 5.69 Å². The molecule has 0 bridgehead atoms. The number of benzene rings is 2. The fourth-order valence-electron chi connectivity index (χ4n) is 1.64. The fourth-order valence-corrected chi connectivity index (χ4v) is 1.64. The maximum Gasteiger partial charge on any atom is 0.335 e. The van der Waals surface area contributed by atoms with Gasteiger partial charge < -0.3 is 9.84 Å². The summed E-state index contributed by atoms with van der Waals surface area (Å²) in [6.45, 7) is 0. The van der Waals surface area contributed by atoms with Crippen LogP contribution < -0.4 is 4.74 Å². The number of carbonyl (C=O) groups is 1. The summed E-state index contributed by atoms with van der Waals surface area (Å²) >= 11 is 0. The van der Waals surface area contributed by atoms with Crippen molar-refractivity contribution in [2.45, 2.75) is 0 Å². The monoisotopic (exact) mass is 284 g/mol. The Balaban J connectivity index is 2.41. The van der Waals surface area contributed by atoms with Crippen molar-refractivity contribution in [2.75, 3.05) is 0 Å². The first-order valence-electron chi connectivity index (χ1n) is 5.71. The normalized spacial score (nSPS) is 9.67. The number of carboxylic acid groups (broad SMARTS) is 1. The van der Waals surface area contributed by atoms with Gasteiger partial charge in [-0.05, 0) is 30.3 Å². The molecule has 0 heterocycles. The van der Waals surface area contributed by atoms with Crippen LogP contribution in [0.2, 0.25) is 0 Å². The number of aromatic carboxylic acids is 1. The molecule has 0 atom stereocenters. The molecule has 2 aromatic carbocycles. The summed E-state index contributed by atoms with van der Waals surface area (Å²) in [7, 11) is 0. The minimum atomic E-state index is -1.27. The molecule has 0 saturated carbocycles. The van der Waals surface area contributed by atoms with Crippen LogP contribution in [0, 0.1) is 21.4 Å². The second-order valence-corrected chi connectivity index (χ2v) is 3.99. The van der Waals surface area contributed by atoms with Gasteiger partial charge in [0.05, 0.1) is 22.1 Å². The van der Waals surface area contributed by atoms with E-state index >= 15 is 0 Å². The van der Waals surface area contributed by atoms with Crippen LogP contribution in [0.25, 0.3) is 0 Å². The third-order valence-corrected chi connectivity index (χ3v) is 2.59. The molecule has 0 aliphatic carbocycles. The van der Waals surface area contributed by atoms with Gasteiger partial charge in [-0.25, -0.2) is 4.79 Å². The highest BCUT2D eigenvalue weighted by molar-refractivity contribution is 5.88. The zero-order valence-corrected chi connectivity index (χ0v) is 10.5. The van der Waals surface area contributed by atoms with Gasteiger partial charge in [0.1, 0.15) is 5.75 Å². The molecule has 0 aliphatic heterocycles. The lowest BCUT2D eigenvalue weighted by molar-refractivity contribution is -0.385. The number of ether oxygens (including phenoxy) is 1. The summed E-state index contributed by atoms with van der Waals surface area (Å²) in [6.07, 6.45) is 0. The Morgan fingerprint density at radius 2 is 2.05 bits per heavy atom. The van der Waals surface area contributed by atoms with Crippen molar-refractivity contribution in [1.29, 1.82) is 5.26 Å². The van der Waals surface area contributed by atoms with Gasteiger partial charge in [0.25, 0.3) is 0 Å². The molecule has 0 amide bonds. The summed E-state index contributed by atoms with van der Waals surface area (Å²) in [5, 5.41) is 28.6. The van der Waals surface area contributed by atoms with Crippen molar-refractivity contribution in [2.24, 2.45) is 0 Å². The quantitative estimate of drug-likeness (QED) is 0.682. The first kappa shape index (κ1) is 14.0. The van der Waals surface area contributed by atoms with Crippen LogP contribution in [0.15, 0.2) is 42.5 Å². The number of hydrogen-bond donors (Lipinski definition) is 1. The molecule has 1 N–H and O–H groups in total. The minimum absolute atomic E-state index is 0.0971. The highest BCUT2D eigenvalue weighted by Crippen LogP contribution is 2.32. The molecule has 2 rings (SSSR count). The first-order chi connectivity index (χ1) is 10.0. The van der Waals surface area contributed by atoms with Gasteiger partial charge >= 0.3 is 11.7 Å². The van der Waals surface area contributed by atoms with Crippen molar-refractivity contribution in [1.82, 2.24) is 0 Å². The van der Waals surface area contributed by atoms with E-state index in [4.69, 9.17) is 15.1 Å². The molecule has 7 nitrogen and oxygen atoms in total. The average molecular weight is 284 g/mol. The predicted octanol–water partition coefficient (Wildman–Crippen LogP) is 2.96. The maximum atomic E-state index is 11.0. The van der Waals surface area contributed by atoms with E-state index in [1.54, 1.807) is 12.1 Å². The number of carboxylic acids is 1. The van der Waals surface area contributed by atoms with Crippen molar-refractivity contribution >= 4 is 11.7 Å². The number of nitro benzene ring substituents is 1. The lowest BCUT2D eigenvalue weighted by Gasteiger charge is -2.07. The predicted molar refractivity (Wildman–Crippen MR) is 71.3 cm³/mol. The number of hydrogen-bond acceptors (Lipinski definition) is 5. The Hall–Kier alpha value is -3.40. The van der Waals surface area contributed by atoms with E-state index in [-0.39, 0.29) is 17.1 Å². The van der Waals surface area contributed by atoms with Crippen LogP contribution in [0.3, 0.4) is 0 Å². The van der Waals surface area contributed by atoms with Gasteiger partial charge in [-0.3, -0.25) is 10.1 Å². The van der Waals surface area contributed by atoms with Crippen molar-refractivity contribution in [3.63, 3.8) is 0 Å². The van der Waals surface area contributed by atoms with E-state index in [1.165, 1.54) is 24.3 Å². The van der Waals surface area contributed by atoms with Gasteiger partial charge in [-0.2, -0.15) is 5.26 Å². The molecule has 0 unspecified atom stereocenters. The van der Waals surface area contributed by atoms with E-state index in [1.807, 2.05) is 6.07 Å². The lowest BCUT2D eigenvalue weighted by atomic mass is 10.2. The average Bonchev–Trinajstić information content (AvgIpc) is 2.47. The van der Waals surface area contributed by atoms with Crippen molar-refractivity contribution < 1.29 is 19.6 Å². The third kappa shape index (κ3) is 3.13. The van der Waals surface area contributed by atoms with Gasteiger partial charge in [-0.1, -0.05) is 6.07 Å². The van der Waals surface area contributed by atoms with Gasteiger partial charge in [0.2, 0.25) is 5.75 Å². The van der Waals surface area contributed by atoms with Crippen LogP contribution in [-0.2, 0) is 0 Å². The highest BCUT2D eigenvalue weighted by atomic mass is 16.6. The van der Waals surface area contributed by atoms with Gasteiger partial charge in [-0.15, -0.1) is 0 Å². The van der Waals surface area contributed by atoms with E-state index < -0.39 is 16.6 Å². The van der Waals surface area contributed by atoms with Crippen LogP contribution in [0.1, 0.15) is 15.9 Å². The molecule has 0 radical (unpaired) electrons. The summed E-state index contributed by atoms with van der Waals surface area (Å²) in [6, 6.07) is 11.4. The molecule has 0 saturated heterocycles. The zero-order chi connectivity index (χ0) is 15.4. The Bertz CT molecular complexity index is 764. The second kappa shape index (κ2) is 5.71. The molecule has 104 valence electrons. The van der Waals surface area contributed by atoms with E-state index in [9.17, 15) is 14.9 Å². The van der Waals surface area contributed by atoms with Crippen LogP contribution >= 0.6 is 0 Å². The van der Waals surface area contributed by atoms with E-state index in [0.717, 1.165) is 6.07 Å². The summed E-state index contributed by atoms with van der Waals surface area (Å²) < 4.78 is 5.36. The minimum Gasteiger partial charge on any atom is -0.478 e. The number of rotatable bonds is 4. The highest BCUT2D eigenvalue weighted by Gasteiger charge is 2.19. The van der Waals surface area contributed by atoms with Crippen LogP contribution in [-0.4, -0.2) is 16.0 Å². The molecule has 21 heavy (non-hydrogen) atoms. The zero-order valence-electron chi connectivity index (χ0n) is 10.5. The summed E-state index contributed by atoms with van der Waals surface area (Å²) in [5.41, 5.74) is -0.325. The Morgan fingerprint density at radius 1 is 1.29 bits per heavy atom. The third-order valence-electron chi connectivity index (χ3n) is 2.59. The Kier molecular flexibility index (Phi) is 3.81. The summed E-state index contributed by atoms with van der Waals surface area (Å²) in [5.74, 6) is -1.11. The molecular weight excluding hydrogens is 276 g/mol. The first-order valence-corrected chi connectivity index (χ1v) is 5.71. The molecule has 0 fully saturated rings. The molecule has 2 aromatic rings. The standard InChI is InChI=1S/C14H8N2O5/c15-8-9-2-1-3-11(6-9)21-13-5-4-10(14(17)18)7-12(13)16(19)20/h1-7H,(H,17,18). The number of nitrogens with zero attached hydrogens (tertiary/aromatic N) is 2. The van der Waals surface area contributed by atoms with Crippen molar-refractivity contribution in [3.8, 4) is 17.6 Å². The van der Waals surface area contributed by atoms with Crippen molar-refractivity contribution in [3.05, 3.63) is 63.7 Å². The molecule has 0 aliphatic rings. The summed E-state index contributed by atoms with van der Waals surface area (Å²) in [4.78, 5) is 21.1. The largest absolute Gasteiger partial charge is 0.478 e. The Labute approximate surface area is 118 Å². The van der Waals surface area contributed by atoms with Gasteiger partial charge in [0.15, 0.2) is 0 Å². The molecule has 7 heteroatoms. The smallest absolute Gasteiger partial charge is 0.335 e. The number of nitro groups is 1. The van der Waals surface area contributed by atoms with E-state index in [0.29, 0.717) is 5.56 Å².